The first-order valence-corrected chi connectivity index (χ1v) is 5.70. The molecule has 16 heavy (non-hydrogen) atoms. The largest absolute Gasteiger partial charge is 0.472 e. The van der Waals surface area contributed by atoms with Gasteiger partial charge in [-0.25, -0.2) is 0 Å². The van der Waals surface area contributed by atoms with Gasteiger partial charge in [0, 0.05) is 18.2 Å². The summed E-state index contributed by atoms with van der Waals surface area (Å²) in [5.41, 5.74) is 1.11. The van der Waals surface area contributed by atoms with E-state index < -0.39 is 0 Å². The molecule has 4 heteroatoms. The number of furan rings is 1. The number of carbonyl (C=O) groups is 1. The molecule has 0 radical (unpaired) electrons. The smallest absolute Gasteiger partial charge is 0.320 e. The van der Waals surface area contributed by atoms with Gasteiger partial charge in [-0.05, 0) is 25.8 Å². The van der Waals surface area contributed by atoms with Crippen molar-refractivity contribution in [1.29, 1.82) is 0 Å². The third-order valence-corrected chi connectivity index (χ3v) is 2.67. The highest BCUT2D eigenvalue weighted by Gasteiger charge is 2.30. The first kappa shape index (κ1) is 11.2. The molecule has 1 saturated carbocycles. The fourth-order valence-corrected chi connectivity index (χ4v) is 1.74. The van der Waals surface area contributed by atoms with Crippen molar-refractivity contribution in [3.8, 4) is 0 Å². The topological polar surface area (TPSA) is 42.7 Å². The van der Waals surface area contributed by atoms with Gasteiger partial charge in [0.1, 0.15) is 0 Å². The Morgan fingerprint density at radius 3 is 3.00 bits per heavy atom. The standard InChI is InChI=1S/C12H17NO3/c1-2-16-12(14)8-13(11-3-4-11)7-10-5-6-15-9-10/h5-6,9,11H,2-4,7-8H2,1H3. The number of nitrogens with zero attached hydrogens (tertiary/aromatic N) is 1. The van der Waals surface area contributed by atoms with Gasteiger partial charge in [-0.2, -0.15) is 0 Å². The van der Waals surface area contributed by atoms with E-state index in [1.54, 1.807) is 12.5 Å². The molecule has 0 aromatic carbocycles. The molecule has 0 amide bonds. The molecule has 1 aliphatic carbocycles. The highest BCUT2D eigenvalue weighted by molar-refractivity contribution is 5.71. The van der Waals surface area contributed by atoms with Crippen molar-refractivity contribution in [3.05, 3.63) is 24.2 Å². The zero-order valence-electron chi connectivity index (χ0n) is 9.52. The predicted molar refractivity (Wildman–Crippen MR) is 58.8 cm³/mol. The molecular formula is C12H17NO3. The van der Waals surface area contributed by atoms with E-state index in [4.69, 9.17) is 9.15 Å². The van der Waals surface area contributed by atoms with Gasteiger partial charge in [0.15, 0.2) is 0 Å². The van der Waals surface area contributed by atoms with E-state index in [0.717, 1.165) is 12.1 Å². The summed E-state index contributed by atoms with van der Waals surface area (Å²) in [4.78, 5) is 13.6. The van der Waals surface area contributed by atoms with Crippen LogP contribution in [0.4, 0.5) is 0 Å². The highest BCUT2D eigenvalue weighted by atomic mass is 16.5. The van der Waals surface area contributed by atoms with E-state index in [1.807, 2.05) is 13.0 Å². The van der Waals surface area contributed by atoms with Crippen molar-refractivity contribution < 1.29 is 13.9 Å². The zero-order chi connectivity index (χ0) is 11.4. The van der Waals surface area contributed by atoms with Crippen LogP contribution in [-0.2, 0) is 16.1 Å². The van der Waals surface area contributed by atoms with Crippen molar-refractivity contribution in [2.75, 3.05) is 13.2 Å². The third-order valence-electron chi connectivity index (χ3n) is 2.67. The van der Waals surface area contributed by atoms with Gasteiger partial charge in [0.05, 0.1) is 25.7 Å². The van der Waals surface area contributed by atoms with Crippen LogP contribution in [0.25, 0.3) is 0 Å². The van der Waals surface area contributed by atoms with Crippen molar-refractivity contribution in [1.82, 2.24) is 4.90 Å². The second-order valence-corrected chi connectivity index (χ2v) is 4.07. The molecule has 2 rings (SSSR count). The van der Waals surface area contributed by atoms with Crippen LogP contribution in [0.3, 0.4) is 0 Å². The molecule has 0 atom stereocenters. The minimum Gasteiger partial charge on any atom is -0.472 e. The average molecular weight is 223 g/mol. The Bertz CT molecular complexity index is 330. The first-order chi connectivity index (χ1) is 7.79. The SMILES string of the molecule is CCOC(=O)CN(Cc1ccoc1)C1CC1. The molecule has 0 aliphatic heterocycles. The van der Waals surface area contributed by atoms with Crippen LogP contribution < -0.4 is 0 Å². The molecule has 88 valence electrons. The normalized spacial score (nSPS) is 15.4. The second-order valence-electron chi connectivity index (χ2n) is 4.07. The summed E-state index contributed by atoms with van der Waals surface area (Å²) in [6.45, 7) is 3.42. The van der Waals surface area contributed by atoms with Gasteiger partial charge in [-0.3, -0.25) is 9.69 Å². The molecular weight excluding hydrogens is 206 g/mol. The maximum Gasteiger partial charge on any atom is 0.320 e. The Morgan fingerprint density at radius 2 is 2.44 bits per heavy atom. The van der Waals surface area contributed by atoms with Crippen LogP contribution in [0.2, 0.25) is 0 Å². The van der Waals surface area contributed by atoms with Gasteiger partial charge in [-0.15, -0.1) is 0 Å². The van der Waals surface area contributed by atoms with Crippen LogP contribution in [-0.4, -0.2) is 30.1 Å². The molecule has 0 saturated heterocycles. The van der Waals surface area contributed by atoms with Crippen LogP contribution in [0.1, 0.15) is 25.3 Å². The molecule has 1 fully saturated rings. The lowest BCUT2D eigenvalue weighted by atomic mass is 10.3. The Kier molecular flexibility index (Phi) is 3.62. The van der Waals surface area contributed by atoms with Crippen molar-refractivity contribution >= 4 is 5.97 Å². The van der Waals surface area contributed by atoms with Crippen molar-refractivity contribution in [2.45, 2.75) is 32.4 Å². The fourth-order valence-electron chi connectivity index (χ4n) is 1.74. The minimum atomic E-state index is -0.141. The predicted octanol–water partition coefficient (Wildman–Crippen LogP) is 1.81. The van der Waals surface area contributed by atoms with E-state index in [0.29, 0.717) is 19.2 Å². The summed E-state index contributed by atoms with van der Waals surface area (Å²) in [6.07, 6.45) is 5.74. The van der Waals surface area contributed by atoms with Crippen molar-refractivity contribution in [2.24, 2.45) is 0 Å². The number of hydrogen-bond donors (Lipinski definition) is 0. The average Bonchev–Trinajstić information content (AvgIpc) is 2.98. The maximum absolute atomic E-state index is 11.4. The van der Waals surface area contributed by atoms with E-state index in [-0.39, 0.29) is 5.97 Å². The molecule has 0 unspecified atom stereocenters. The lowest BCUT2D eigenvalue weighted by Crippen LogP contribution is -2.32. The number of carbonyl (C=O) groups excluding carboxylic acids is 1. The van der Waals surface area contributed by atoms with E-state index in [2.05, 4.69) is 4.90 Å². The highest BCUT2D eigenvalue weighted by Crippen LogP contribution is 2.28. The van der Waals surface area contributed by atoms with Gasteiger partial charge < -0.3 is 9.15 Å². The molecule has 1 heterocycles. The van der Waals surface area contributed by atoms with Gasteiger partial charge >= 0.3 is 5.97 Å². The van der Waals surface area contributed by atoms with Gasteiger partial charge in [0.25, 0.3) is 0 Å². The van der Waals surface area contributed by atoms with Gasteiger partial charge in [-0.1, -0.05) is 0 Å². The van der Waals surface area contributed by atoms with E-state index >= 15 is 0 Å². The second kappa shape index (κ2) is 5.16. The summed E-state index contributed by atoms with van der Waals surface area (Å²) in [5, 5.41) is 0. The third kappa shape index (κ3) is 3.10. The summed E-state index contributed by atoms with van der Waals surface area (Å²) in [7, 11) is 0. The number of ether oxygens (including phenoxy) is 1. The molecule has 1 aromatic rings. The molecule has 1 aromatic heterocycles. The molecule has 4 nitrogen and oxygen atoms in total. The van der Waals surface area contributed by atoms with Gasteiger partial charge in [0.2, 0.25) is 0 Å². The Morgan fingerprint density at radius 1 is 1.62 bits per heavy atom. The molecule has 0 bridgehead atoms. The fraction of sp³-hybridized carbons (Fsp3) is 0.583. The first-order valence-electron chi connectivity index (χ1n) is 5.70. The van der Waals surface area contributed by atoms with Crippen molar-refractivity contribution in [3.63, 3.8) is 0 Å². The Labute approximate surface area is 95.2 Å². The van der Waals surface area contributed by atoms with E-state index in [1.165, 1.54) is 12.8 Å². The lowest BCUT2D eigenvalue weighted by molar-refractivity contribution is -0.144. The Hall–Kier alpha value is -1.29. The van der Waals surface area contributed by atoms with E-state index in [9.17, 15) is 4.79 Å². The summed E-state index contributed by atoms with van der Waals surface area (Å²) >= 11 is 0. The molecule has 0 N–H and O–H groups in total. The van der Waals surface area contributed by atoms with Crippen LogP contribution in [0.5, 0.6) is 0 Å². The lowest BCUT2D eigenvalue weighted by Gasteiger charge is -2.19. The quantitative estimate of drug-likeness (QED) is 0.690. The number of rotatable bonds is 6. The zero-order valence-corrected chi connectivity index (χ0v) is 9.52. The maximum atomic E-state index is 11.4. The van der Waals surface area contributed by atoms with Crippen LogP contribution in [0.15, 0.2) is 23.0 Å². The summed E-state index contributed by atoms with van der Waals surface area (Å²) in [6, 6.07) is 2.47. The monoisotopic (exact) mass is 223 g/mol. The molecule has 1 aliphatic rings. The summed E-state index contributed by atoms with van der Waals surface area (Å²) in [5.74, 6) is -0.141. The summed E-state index contributed by atoms with van der Waals surface area (Å²) < 4.78 is 9.99. The number of esters is 1. The molecule has 0 spiro atoms. The van der Waals surface area contributed by atoms with Crippen LogP contribution >= 0.6 is 0 Å². The minimum absolute atomic E-state index is 0.141. The Balaban J connectivity index is 1.87. The van der Waals surface area contributed by atoms with Crippen LogP contribution in [0, 0.1) is 0 Å². The number of hydrogen-bond acceptors (Lipinski definition) is 4.